The average molecular weight is 265 g/mol. The molecule has 0 saturated carbocycles. The van der Waals surface area contributed by atoms with Crippen LogP contribution in [0.15, 0.2) is 29.2 Å². The summed E-state index contributed by atoms with van der Waals surface area (Å²) in [5.41, 5.74) is 0.907. The molecule has 0 spiro atoms. The first-order valence-corrected chi connectivity index (χ1v) is 7.27. The summed E-state index contributed by atoms with van der Waals surface area (Å²) in [6.45, 7) is 2.55. The Hall–Kier alpha value is -1.00. The molecule has 3 nitrogen and oxygen atoms in total. The van der Waals surface area contributed by atoms with Gasteiger partial charge in [0.2, 0.25) is 5.91 Å². The van der Waals surface area contributed by atoms with Gasteiger partial charge in [-0.25, -0.2) is 0 Å². The van der Waals surface area contributed by atoms with Crippen molar-refractivity contribution >= 4 is 17.7 Å². The molecule has 1 aliphatic rings. The smallest absolute Gasteiger partial charge is 0.233 e. The van der Waals surface area contributed by atoms with Crippen molar-refractivity contribution < 1.29 is 9.90 Å². The third-order valence-electron chi connectivity index (χ3n) is 3.13. The van der Waals surface area contributed by atoms with E-state index < -0.39 is 6.10 Å². The second-order valence-electron chi connectivity index (χ2n) is 4.64. The number of amides is 1. The van der Waals surface area contributed by atoms with Crippen LogP contribution in [0.25, 0.3) is 0 Å². The van der Waals surface area contributed by atoms with Gasteiger partial charge >= 0.3 is 0 Å². The Morgan fingerprint density at radius 1 is 1.33 bits per heavy atom. The molecule has 0 aliphatic carbocycles. The molecule has 98 valence electrons. The standard InChI is InChI=1S/C14H19NO2S/c1-10(16)11-5-7-12(8-6-11)18-13-4-2-3-9-15-14(13)17/h5-8,10,13,16H,2-4,9H2,1H3,(H,15,17)/t10-,13+/m0/s1. The Labute approximate surface area is 112 Å². The monoisotopic (exact) mass is 265 g/mol. The number of hydrogen-bond acceptors (Lipinski definition) is 3. The molecular weight excluding hydrogens is 246 g/mol. The molecule has 0 aromatic heterocycles. The van der Waals surface area contributed by atoms with Crippen LogP contribution >= 0.6 is 11.8 Å². The van der Waals surface area contributed by atoms with Gasteiger partial charge in [0.1, 0.15) is 0 Å². The van der Waals surface area contributed by atoms with Gasteiger partial charge in [0, 0.05) is 11.4 Å². The van der Waals surface area contributed by atoms with Gasteiger partial charge in [-0.1, -0.05) is 18.6 Å². The molecule has 2 rings (SSSR count). The SMILES string of the molecule is C[C@H](O)c1ccc(S[C@@H]2CCCCNC2=O)cc1. The highest BCUT2D eigenvalue weighted by atomic mass is 32.2. The fourth-order valence-electron chi connectivity index (χ4n) is 2.01. The quantitative estimate of drug-likeness (QED) is 0.883. The van der Waals surface area contributed by atoms with E-state index in [0.29, 0.717) is 0 Å². The maximum absolute atomic E-state index is 11.8. The van der Waals surface area contributed by atoms with Crippen molar-refractivity contribution in [1.82, 2.24) is 5.32 Å². The lowest BCUT2D eigenvalue weighted by atomic mass is 10.1. The van der Waals surface area contributed by atoms with Crippen molar-refractivity contribution in [3.05, 3.63) is 29.8 Å². The Kier molecular flexibility index (Phi) is 4.66. The van der Waals surface area contributed by atoms with E-state index in [1.165, 1.54) is 0 Å². The minimum Gasteiger partial charge on any atom is -0.389 e. The molecule has 0 radical (unpaired) electrons. The fraction of sp³-hybridized carbons (Fsp3) is 0.500. The van der Waals surface area contributed by atoms with Crippen molar-refractivity contribution in [2.24, 2.45) is 0 Å². The number of aliphatic hydroxyl groups is 1. The number of rotatable bonds is 3. The van der Waals surface area contributed by atoms with E-state index in [9.17, 15) is 9.90 Å². The number of benzene rings is 1. The van der Waals surface area contributed by atoms with Crippen LogP contribution in [-0.4, -0.2) is 22.8 Å². The number of carbonyl (C=O) groups is 1. The number of hydrogen-bond donors (Lipinski definition) is 2. The minimum absolute atomic E-state index is 0.0184. The van der Waals surface area contributed by atoms with E-state index in [4.69, 9.17) is 0 Å². The molecule has 1 aromatic carbocycles. The predicted octanol–water partition coefficient (Wildman–Crippen LogP) is 2.50. The zero-order valence-corrected chi connectivity index (χ0v) is 11.4. The molecule has 2 atom stereocenters. The summed E-state index contributed by atoms with van der Waals surface area (Å²) in [6, 6.07) is 7.79. The molecule has 18 heavy (non-hydrogen) atoms. The highest BCUT2D eigenvalue weighted by Gasteiger charge is 2.21. The summed E-state index contributed by atoms with van der Waals surface area (Å²) >= 11 is 1.61. The molecule has 1 aromatic rings. The van der Waals surface area contributed by atoms with Gasteiger partial charge in [0.25, 0.3) is 0 Å². The lowest BCUT2D eigenvalue weighted by Crippen LogP contribution is -2.30. The van der Waals surface area contributed by atoms with Crippen LogP contribution in [-0.2, 0) is 4.79 Å². The Bertz CT molecular complexity index is 403. The molecule has 1 heterocycles. The van der Waals surface area contributed by atoms with E-state index >= 15 is 0 Å². The van der Waals surface area contributed by atoms with Gasteiger partial charge in [-0.3, -0.25) is 4.79 Å². The molecule has 0 unspecified atom stereocenters. The van der Waals surface area contributed by atoms with Crippen LogP contribution in [0.1, 0.15) is 37.9 Å². The molecule has 1 saturated heterocycles. The zero-order valence-electron chi connectivity index (χ0n) is 10.6. The summed E-state index contributed by atoms with van der Waals surface area (Å²) in [6.07, 6.45) is 2.67. The fourth-order valence-corrected chi connectivity index (χ4v) is 3.11. The molecule has 1 aliphatic heterocycles. The topological polar surface area (TPSA) is 49.3 Å². The van der Waals surface area contributed by atoms with Crippen LogP contribution in [0.2, 0.25) is 0 Å². The van der Waals surface area contributed by atoms with Gasteiger partial charge in [-0.05, 0) is 37.5 Å². The first-order valence-electron chi connectivity index (χ1n) is 6.39. The summed E-state index contributed by atoms with van der Waals surface area (Å²) in [5, 5.41) is 12.4. The van der Waals surface area contributed by atoms with E-state index in [1.807, 2.05) is 24.3 Å². The van der Waals surface area contributed by atoms with Crippen LogP contribution in [0.3, 0.4) is 0 Å². The summed E-state index contributed by atoms with van der Waals surface area (Å²) in [5.74, 6) is 0.150. The van der Waals surface area contributed by atoms with E-state index in [0.717, 1.165) is 36.3 Å². The van der Waals surface area contributed by atoms with Crippen molar-refractivity contribution in [1.29, 1.82) is 0 Å². The Morgan fingerprint density at radius 3 is 2.72 bits per heavy atom. The van der Waals surface area contributed by atoms with Gasteiger partial charge in [0.05, 0.1) is 11.4 Å². The highest BCUT2D eigenvalue weighted by Crippen LogP contribution is 2.29. The minimum atomic E-state index is -0.440. The van der Waals surface area contributed by atoms with Crippen LogP contribution in [0.5, 0.6) is 0 Å². The molecular formula is C14H19NO2S. The lowest BCUT2D eigenvalue weighted by molar-refractivity contribution is -0.120. The number of thioether (sulfide) groups is 1. The molecule has 2 N–H and O–H groups in total. The number of nitrogens with one attached hydrogen (secondary N) is 1. The van der Waals surface area contributed by atoms with E-state index in [1.54, 1.807) is 18.7 Å². The van der Waals surface area contributed by atoms with Crippen molar-refractivity contribution in [3.63, 3.8) is 0 Å². The second-order valence-corrected chi connectivity index (χ2v) is 5.91. The third kappa shape index (κ3) is 3.50. The second kappa shape index (κ2) is 6.25. The molecule has 1 amide bonds. The summed E-state index contributed by atoms with van der Waals surface area (Å²) < 4.78 is 0. The number of carbonyl (C=O) groups excluding carboxylic acids is 1. The van der Waals surface area contributed by atoms with Crippen LogP contribution in [0.4, 0.5) is 0 Å². The van der Waals surface area contributed by atoms with Crippen LogP contribution in [0, 0.1) is 0 Å². The highest BCUT2D eigenvalue weighted by molar-refractivity contribution is 8.00. The average Bonchev–Trinajstić information content (AvgIpc) is 2.56. The molecule has 1 fully saturated rings. The summed E-state index contributed by atoms with van der Waals surface area (Å²) in [4.78, 5) is 12.9. The van der Waals surface area contributed by atoms with Crippen molar-refractivity contribution in [2.75, 3.05) is 6.54 Å². The lowest BCUT2D eigenvalue weighted by Gasteiger charge is -2.13. The Balaban J connectivity index is 2.01. The van der Waals surface area contributed by atoms with Crippen molar-refractivity contribution in [2.45, 2.75) is 42.4 Å². The normalized spacial score (nSPS) is 22.1. The summed E-state index contributed by atoms with van der Waals surface area (Å²) in [7, 11) is 0. The van der Waals surface area contributed by atoms with Gasteiger partial charge < -0.3 is 10.4 Å². The maximum Gasteiger partial charge on any atom is 0.233 e. The van der Waals surface area contributed by atoms with Gasteiger partial charge in [-0.15, -0.1) is 11.8 Å². The predicted molar refractivity (Wildman–Crippen MR) is 73.6 cm³/mol. The molecule has 4 heteroatoms. The third-order valence-corrected chi connectivity index (χ3v) is 4.40. The Morgan fingerprint density at radius 2 is 2.06 bits per heavy atom. The van der Waals surface area contributed by atoms with Gasteiger partial charge in [0.15, 0.2) is 0 Å². The first kappa shape index (κ1) is 13.4. The largest absolute Gasteiger partial charge is 0.389 e. The van der Waals surface area contributed by atoms with Crippen LogP contribution < -0.4 is 5.32 Å². The zero-order chi connectivity index (χ0) is 13.0. The molecule has 0 bridgehead atoms. The number of aliphatic hydroxyl groups excluding tert-OH is 1. The van der Waals surface area contributed by atoms with Crippen molar-refractivity contribution in [3.8, 4) is 0 Å². The first-order chi connectivity index (χ1) is 8.66. The van der Waals surface area contributed by atoms with E-state index in [2.05, 4.69) is 5.32 Å². The van der Waals surface area contributed by atoms with Gasteiger partial charge in [-0.2, -0.15) is 0 Å². The van der Waals surface area contributed by atoms with E-state index in [-0.39, 0.29) is 11.2 Å². The maximum atomic E-state index is 11.8.